The minimum absolute atomic E-state index is 0.211. The number of nitrogens with zero attached hydrogens (tertiary/aromatic N) is 4. The van der Waals surface area contributed by atoms with E-state index < -0.39 is 0 Å². The van der Waals surface area contributed by atoms with Crippen LogP contribution in [0.15, 0.2) is 24.5 Å². The molecule has 0 amide bonds. The van der Waals surface area contributed by atoms with Gasteiger partial charge in [0.15, 0.2) is 17.0 Å². The number of nitrogens with two attached hydrogens (primary N) is 1. The van der Waals surface area contributed by atoms with Crippen molar-refractivity contribution in [2.45, 2.75) is 82.5 Å². The standard InChI is InChI=1S/C25H35N7O2/c1-34-20-11-12-21(33)16(13-20)14-27-23-22-24(32(15-28-22)19-5-3-2-4-6-19)31-25(30-23)29-18-9-7-17(26)8-10-18/h11-13,15,17-19,33H,2-10,14,26H2,1H3,(H2,27,29,30,31). The van der Waals surface area contributed by atoms with Gasteiger partial charge in [-0.05, 0) is 56.7 Å². The van der Waals surface area contributed by atoms with Crippen LogP contribution in [0.1, 0.15) is 69.4 Å². The molecule has 1 aromatic carbocycles. The molecule has 2 aliphatic carbocycles. The van der Waals surface area contributed by atoms with Crippen molar-refractivity contribution in [1.82, 2.24) is 19.5 Å². The lowest BCUT2D eigenvalue weighted by atomic mass is 9.92. The van der Waals surface area contributed by atoms with Gasteiger partial charge in [-0.1, -0.05) is 19.3 Å². The summed E-state index contributed by atoms with van der Waals surface area (Å²) in [6.45, 7) is 0.392. The first-order valence-corrected chi connectivity index (χ1v) is 12.5. The summed E-state index contributed by atoms with van der Waals surface area (Å²) < 4.78 is 7.54. The molecule has 0 atom stereocenters. The molecule has 2 saturated carbocycles. The van der Waals surface area contributed by atoms with Gasteiger partial charge in [0.05, 0.1) is 13.4 Å². The van der Waals surface area contributed by atoms with E-state index in [2.05, 4.69) is 15.2 Å². The smallest absolute Gasteiger partial charge is 0.227 e. The number of aromatic hydroxyl groups is 1. The number of anilines is 2. The third-order valence-electron chi connectivity index (χ3n) is 7.23. The lowest BCUT2D eigenvalue weighted by Gasteiger charge is -2.27. The van der Waals surface area contributed by atoms with Crippen LogP contribution < -0.4 is 21.1 Å². The molecule has 0 bridgehead atoms. The van der Waals surface area contributed by atoms with E-state index in [-0.39, 0.29) is 5.75 Å². The van der Waals surface area contributed by atoms with Gasteiger partial charge in [-0.3, -0.25) is 0 Å². The van der Waals surface area contributed by atoms with Crippen LogP contribution in [0.2, 0.25) is 0 Å². The number of rotatable bonds is 7. The quantitative estimate of drug-likeness (QED) is 0.406. The molecular formula is C25H35N7O2. The first-order valence-electron chi connectivity index (χ1n) is 12.5. The fourth-order valence-corrected chi connectivity index (χ4v) is 5.19. The van der Waals surface area contributed by atoms with Crippen LogP contribution in [0.3, 0.4) is 0 Å². The van der Waals surface area contributed by atoms with Gasteiger partial charge in [0.2, 0.25) is 5.95 Å². The highest BCUT2D eigenvalue weighted by molar-refractivity contribution is 5.84. The number of nitrogens with one attached hydrogen (secondary N) is 2. The van der Waals surface area contributed by atoms with Gasteiger partial charge in [-0.15, -0.1) is 0 Å². The molecule has 9 heteroatoms. The third-order valence-corrected chi connectivity index (χ3v) is 7.23. The van der Waals surface area contributed by atoms with Crippen LogP contribution in [0.25, 0.3) is 11.2 Å². The van der Waals surface area contributed by atoms with Crippen molar-refractivity contribution in [3.63, 3.8) is 0 Å². The zero-order valence-electron chi connectivity index (χ0n) is 19.8. The zero-order chi connectivity index (χ0) is 23.5. The number of benzene rings is 1. The highest BCUT2D eigenvalue weighted by Gasteiger charge is 2.23. The number of phenols is 1. The number of hydrogen-bond acceptors (Lipinski definition) is 8. The fraction of sp³-hybridized carbons (Fsp3) is 0.560. The summed E-state index contributed by atoms with van der Waals surface area (Å²) in [6, 6.07) is 6.24. The number of methoxy groups -OCH3 is 1. The minimum Gasteiger partial charge on any atom is -0.508 e. The second-order valence-electron chi connectivity index (χ2n) is 9.62. The molecule has 34 heavy (non-hydrogen) atoms. The van der Waals surface area contributed by atoms with Crippen molar-refractivity contribution in [2.24, 2.45) is 5.73 Å². The Morgan fingerprint density at radius 2 is 1.88 bits per heavy atom. The van der Waals surface area contributed by atoms with Gasteiger partial charge in [0.25, 0.3) is 0 Å². The lowest BCUT2D eigenvalue weighted by molar-refractivity contribution is 0.358. The van der Waals surface area contributed by atoms with Crippen LogP contribution in [-0.2, 0) is 6.54 Å². The van der Waals surface area contributed by atoms with E-state index in [1.165, 1.54) is 19.3 Å². The topological polar surface area (TPSA) is 123 Å². The normalized spacial score (nSPS) is 21.5. The van der Waals surface area contributed by atoms with Crippen LogP contribution >= 0.6 is 0 Å². The Balaban J connectivity index is 1.45. The van der Waals surface area contributed by atoms with E-state index in [1.54, 1.807) is 19.2 Å². The Morgan fingerprint density at radius 1 is 1.09 bits per heavy atom. The number of aromatic nitrogens is 4. The van der Waals surface area contributed by atoms with E-state index in [0.717, 1.165) is 55.3 Å². The van der Waals surface area contributed by atoms with Gasteiger partial charge in [0.1, 0.15) is 11.5 Å². The minimum atomic E-state index is 0.211. The van der Waals surface area contributed by atoms with Crippen molar-refractivity contribution in [1.29, 1.82) is 0 Å². The summed E-state index contributed by atoms with van der Waals surface area (Å²) in [4.78, 5) is 14.4. The molecule has 5 rings (SSSR count). The lowest BCUT2D eigenvalue weighted by Crippen LogP contribution is -2.33. The molecule has 0 saturated heterocycles. The molecule has 5 N–H and O–H groups in total. The number of hydrogen-bond donors (Lipinski definition) is 4. The van der Waals surface area contributed by atoms with E-state index in [9.17, 15) is 5.11 Å². The number of ether oxygens (including phenoxy) is 1. The summed E-state index contributed by atoms with van der Waals surface area (Å²) in [5.41, 5.74) is 8.43. The Morgan fingerprint density at radius 3 is 2.65 bits per heavy atom. The van der Waals surface area contributed by atoms with Crippen LogP contribution in [0.5, 0.6) is 11.5 Å². The second-order valence-corrected chi connectivity index (χ2v) is 9.62. The van der Waals surface area contributed by atoms with Crippen molar-refractivity contribution in [2.75, 3.05) is 17.7 Å². The highest BCUT2D eigenvalue weighted by Crippen LogP contribution is 2.33. The predicted octanol–water partition coefficient (Wildman–Crippen LogP) is 4.34. The van der Waals surface area contributed by atoms with Gasteiger partial charge in [-0.2, -0.15) is 9.97 Å². The van der Waals surface area contributed by atoms with Crippen LogP contribution in [0, 0.1) is 0 Å². The molecule has 0 unspecified atom stereocenters. The van der Waals surface area contributed by atoms with Gasteiger partial charge < -0.3 is 30.8 Å². The Labute approximate surface area is 200 Å². The molecule has 0 spiro atoms. The average molecular weight is 466 g/mol. The Hall–Kier alpha value is -3.07. The van der Waals surface area contributed by atoms with E-state index in [1.807, 2.05) is 12.4 Å². The van der Waals surface area contributed by atoms with E-state index in [4.69, 9.17) is 25.4 Å². The maximum atomic E-state index is 10.3. The van der Waals surface area contributed by atoms with E-state index in [0.29, 0.717) is 42.2 Å². The average Bonchev–Trinajstić information content (AvgIpc) is 3.29. The first-order chi connectivity index (χ1) is 16.6. The molecule has 3 aromatic rings. The third kappa shape index (κ3) is 4.89. The summed E-state index contributed by atoms with van der Waals surface area (Å²) in [5, 5.41) is 17.3. The molecule has 2 aromatic heterocycles. The molecule has 2 heterocycles. The van der Waals surface area contributed by atoms with Crippen LogP contribution in [0.4, 0.5) is 11.8 Å². The summed E-state index contributed by atoms with van der Waals surface area (Å²) >= 11 is 0. The first kappa shape index (κ1) is 22.7. The van der Waals surface area contributed by atoms with E-state index >= 15 is 0 Å². The molecule has 0 radical (unpaired) electrons. The molecule has 0 aliphatic heterocycles. The largest absolute Gasteiger partial charge is 0.508 e. The molecule has 182 valence electrons. The molecule has 9 nitrogen and oxygen atoms in total. The second kappa shape index (κ2) is 10.0. The van der Waals surface area contributed by atoms with Crippen molar-refractivity contribution in [3.05, 3.63) is 30.1 Å². The molecule has 2 aliphatic rings. The number of imidazole rings is 1. The summed E-state index contributed by atoms with van der Waals surface area (Å²) in [7, 11) is 1.62. The predicted molar refractivity (Wildman–Crippen MR) is 133 cm³/mol. The fourth-order valence-electron chi connectivity index (χ4n) is 5.19. The maximum absolute atomic E-state index is 10.3. The Kier molecular flexibility index (Phi) is 6.71. The van der Waals surface area contributed by atoms with Gasteiger partial charge >= 0.3 is 0 Å². The number of phenolic OH excluding ortho intramolecular Hbond substituents is 1. The van der Waals surface area contributed by atoms with Crippen molar-refractivity contribution in [3.8, 4) is 11.5 Å². The van der Waals surface area contributed by atoms with Crippen LogP contribution in [-0.4, -0.2) is 43.8 Å². The van der Waals surface area contributed by atoms with Crippen molar-refractivity contribution < 1.29 is 9.84 Å². The Bertz CT molecular complexity index is 1120. The monoisotopic (exact) mass is 465 g/mol. The van der Waals surface area contributed by atoms with Crippen molar-refractivity contribution >= 4 is 22.9 Å². The molecule has 2 fully saturated rings. The van der Waals surface area contributed by atoms with Gasteiger partial charge in [-0.25, -0.2) is 4.98 Å². The van der Waals surface area contributed by atoms with Gasteiger partial charge in [0, 0.05) is 30.2 Å². The maximum Gasteiger partial charge on any atom is 0.227 e. The zero-order valence-corrected chi connectivity index (χ0v) is 19.8. The summed E-state index contributed by atoms with van der Waals surface area (Å²) in [6.07, 6.45) is 12.1. The highest BCUT2D eigenvalue weighted by atomic mass is 16.5. The molecular weight excluding hydrogens is 430 g/mol. The SMILES string of the molecule is COc1ccc(O)c(CNc2nc(NC3CCC(N)CC3)nc3c2ncn3C2CCCCC2)c1. The summed E-state index contributed by atoms with van der Waals surface area (Å²) in [5.74, 6) is 2.18. The number of fused-ring (bicyclic) bond motifs is 1.